The van der Waals surface area contributed by atoms with Crippen LogP contribution in [0.1, 0.15) is 12.8 Å². The molecule has 1 atom stereocenters. The molecule has 0 saturated carbocycles. The first-order valence-electron chi connectivity index (χ1n) is 3.23. The molecule has 0 fully saturated rings. The molecule has 0 bridgehead atoms. The summed E-state index contributed by atoms with van der Waals surface area (Å²) in [6.45, 7) is 0.820. The SMILES string of the molecule is OC(Cl)COCCCCCl. The van der Waals surface area contributed by atoms with E-state index in [1.54, 1.807) is 0 Å². The molecular formula is C6H12Cl2O2. The Morgan fingerprint density at radius 1 is 1.40 bits per heavy atom. The second-order valence-corrected chi connectivity index (χ2v) is 2.79. The normalized spacial score (nSPS) is 13.5. The van der Waals surface area contributed by atoms with Gasteiger partial charge >= 0.3 is 0 Å². The van der Waals surface area contributed by atoms with Crippen LogP contribution in [0.2, 0.25) is 0 Å². The maximum Gasteiger partial charge on any atom is 0.151 e. The summed E-state index contributed by atoms with van der Waals surface area (Å²) in [4.78, 5) is 0. The first kappa shape index (κ1) is 10.5. The van der Waals surface area contributed by atoms with E-state index in [2.05, 4.69) is 0 Å². The number of aliphatic hydroxyl groups is 1. The summed E-state index contributed by atoms with van der Waals surface area (Å²) in [7, 11) is 0. The molecule has 0 aromatic rings. The Morgan fingerprint density at radius 2 is 2.10 bits per heavy atom. The minimum atomic E-state index is -0.879. The topological polar surface area (TPSA) is 29.5 Å². The smallest absolute Gasteiger partial charge is 0.151 e. The lowest BCUT2D eigenvalue weighted by Crippen LogP contribution is -2.08. The summed E-state index contributed by atoms with van der Waals surface area (Å²) in [5.74, 6) is 0.660. The van der Waals surface area contributed by atoms with Crippen LogP contribution in [0.3, 0.4) is 0 Å². The van der Waals surface area contributed by atoms with E-state index in [9.17, 15) is 0 Å². The fraction of sp³-hybridized carbons (Fsp3) is 1.00. The largest absolute Gasteiger partial charge is 0.377 e. The van der Waals surface area contributed by atoms with Crippen LogP contribution in [0.15, 0.2) is 0 Å². The van der Waals surface area contributed by atoms with Crippen LogP contribution in [-0.2, 0) is 4.74 Å². The van der Waals surface area contributed by atoms with Crippen molar-refractivity contribution < 1.29 is 9.84 Å². The molecule has 0 aromatic heterocycles. The van der Waals surface area contributed by atoms with Gasteiger partial charge in [0, 0.05) is 12.5 Å². The Morgan fingerprint density at radius 3 is 2.60 bits per heavy atom. The van der Waals surface area contributed by atoms with Gasteiger partial charge in [-0.05, 0) is 12.8 Å². The highest BCUT2D eigenvalue weighted by Crippen LogP contribution is 1.95. The number of alkyl halides is 2. The lowest BCUT2D eigenvalue weighted by atomic mass is 10.4. The van der Waals surface area contributed by atoms with Crippen molar-refractivity contribution in [2.45, 2.75) is 18.4 Å². The summed E-state index contributed by atoms with van der Waals surface area (Å²) >= 11 is 10.6. The first-order valence-corrected chi connectivity index (χ1v) is 4.20. The maximum atomic E-state index is 8.52. The number of hydrogen-bond acceptors (Lipinski definition) is 2. The zero-order valence-corrected chi connectivity index (χ0v) is 7.24. The fourth-order valence-corrected chi connectivity index (χ4v) is 0.757. The second kappa shape index (κ2) is 7.61. The van der Waals surface area contributed by atoms with Crippen molar-refractivity contribution in [2.75, 3.05) is 19.1 Å². The summed E-state index contributed by atoms with van der Waals surface area (Å²) in [6.07, 6.45) is 1.87. The van der Waals surface area contributed by atoms with Gasteiger partial charge < -0.3 is 9.84 Å². The van der Waals surface area contributed by atoms with Gasteiger partial charge in [0.15, 0.2) is 5.56 Å². The molecule has 0 aliphatic rings. The van der Waals surface area contributed by atoms with Crippen LogP contribution >= 0.6 is 23.2 Å². The molecule has 0 amide bonds. The molecule has 0 aliphatic carbocycles. The quantitative estimate of drug-likeness (QED) is 0.505. The number of rotatable bonds is 6. The van der Waals surface area contributed by atoms with E-state index >= 15 is 0 Å². The number of unbranched alkanes of at least 4 members (excludes halogenated alkanes) is 1. The third-order valence-electron chi connectivity index (χ3n) is 0.928. The summed E-state index contributed by atoms with van der Waals surface area (Å²) < 4.78 is 4.96. The number of aliphatic hydroxyl groups excluding tert-OH is 1. The van der Waals surface area contributed by atoms with Crippen LogP contribution < -0.4 is 0 Å². The van der Waals surface area contributed by atoms with E-state index < -0.39 is 5.56 Å². The lowest BCUT2D eigenvalue weighted by molar-refractivity contribution is 0.0728. The molecule has 62 valence electrons. The van der Waals surface area contributed by atoms with E-state index in [1.165, 1.54) is 0 Å². The molecule has 0 saturated heterocycles. The van der Waals surface area contributed by atoms with Crippen molar-refractivity contribution >= 4 is 23.2 Å². The van der Waals surface area contributed by atoms with E-state index in [0.717, 1.165) is 12.8 Å². The minimum absolute atomic E-state index is 0.198. The van der Waals surface area contributed by atoms with Crippen LogP contribution in [0, 0.1) is 0 Å². The van der Waals surface area contributed by atoms with Crippen molar-refractivity contribution in [3.63, 3.8) is 0 Å². The molecule has 0 spiro atoms. The van der Waals surface area contributed by atoms with Crippen molar-refractivity contribution in [1.29, 1.82) is 0 Å². The molecule has 4 heteroatoms. The summed E-state index contributed by atoms with van der Waals surface area (Å²) in [5, 5.41) is 8.52. The van der Waals surface area contributed by atoms with Crippen LogP contribution in [0.25, 0.3) is 0 Å². The highest BCUT2D eigenvalue weighted by atomic mass is 35.5. The van der Waals surface area contributed by atoms with Gasteiger partial charge in [-0.1, -0.05) is 11.6 Å². The van der Waals surface area contributed by atoms with Crippen LogP contribution in [0.5, 0.6) is 0 Å². The molecular weight excluding hydrogens is 175 g/mol. The third-order valence-corrected chi connectivity index (χ3v) is 1.32. The summed E-state index contributed by atoms with van der Waals surface area (Å²) in [5.41, 5.74) is -0.879. The van der Waals surface area contributed by atoms with Crippen LogP contribution in [0.4, 0.5) is 0 Å². The monoisotopic (exact) mass is 186 g/mol. The number of halogens is 2. The van der Waals surface area contributed by atoms with Gasteiger partial charge in [0.25, 0.3) is 0 Å². The molecule has 1 N–H and O–H groups in total. The van der Waals surface area contributed by atoms with Crippen molar-refractivity contribution in [3.8, 4) is 0 Å². The standard InChI is InChI=1S/C6H12Cl2O2/c7-3-1-2-4-10-5-6(8)9/h6,9H,1-5H2. The second-order valence-electron chi connectivity index (χ2n) is 1.91. The van der Waals surface area contributed by atoms with E-state index in [0.29, 0.717) is 12.5 Å². The van der Waals surface area contributed by atoms with Crippen molar-refractivity contribution in [1.82, 2.24) is 0 Å². The van der Waals surface area contributed by atoms with Gasteiger partial charge in [0.2, 0.25) is 0 Å². The molecule has 0 aliphatic heterocycles. The molecule has 0 aromatic carbocycles. The van der Waals surface area contributed by atoms with Crippen molar-refractivity contribution in [3.05, 3.63) is 0 Å². The maximum absolute atomic E-state index is 8.52. The Bertz CT molecular complexity index is 68.8. The van der Waals surface area contributed by atoms with Gasteiger partial charge in [0.1, 0.15) is 0 Å². The van der Waals surface area contributed by atoms with Crippen molar-refractivity contribution in [2.24, 2.45) is 0 Å². The predicted octanol–water partition coefficient (Wildman–Crippen LogP) is 1.58. The zero-order chi connectivity index (χ0) is 7.82. The van der Waals surface area contributed by atoms with Gasteiger partial charge in [-0.2, -0.15) is 0 Å². The Labute approximate surface area is 71.1 Å². The van der Waals surface area contributed by atoms with E-state index in [4.69, 9.17) is 33.0 Å². The Kier molecular flexibility index (Phi) is 7.99. The average Bonchev–Trinajstić information content (AvgIpc) is 1.87. The Balaban J connectivity index is 2.77. The molecule has 10 heavy (non-hydrogen) atoms. The van der Waals surface area contributed by atoms with E-state index in [-0.39, 0.29) is 6.61 Å². The highest BCUT2D eigenvalue weighted by molar-refractivity contribution is 6.19. The third kappa shape index (κ3) is 8.50. The van der Waals surface area contributed by atoms with Crippen LogP contribution in [-0.4, -0.2) is 29.8 Å². The molecule has 1 unspecified atom stereocenters. The van der Waals surface area contributed by atoms with Gasteiger partial charge in [-0.25, -0.2) is 0 Å². The van der Waals surface area contributed by atoms with E-state index in [1.807, 2.05) is 0 Å². The van der Waals surface area contributed by atoms with Gasteiger partial charge in [-0.3, -0.25) is 0 Å². The predicted molar refractivity (Wildman–Crippen MR) is 42.6 cm³/mol. The average molecular weight is 187 g/mol. The molecule has 2 nitrogen and oxygen atoms in total. The van der Waals surface area contributed by atoms with Gasteiger partial charge in [0.05, 0.1) is 6.61 Å². The lowest BCUT2D eigenvalue weighted by Gasteiger charge is -2.02. The Hall–Kier alpha value is 0.500. The summed E-state index contributed by atoms with van der Waals surface area (Å²) in [6, 6.07) is 0. The first-order chi connectivity index (χ1) is 4.77. The minimum Gasteiger partial charge on any atom is -0.377 e. The number of ether oxygens (including phenoxy) is 1. The zero-order valence-electron chi connectivity index (χ0n) is 5.72. The van der Waals surface area contributed by atoms with Gasteiger partial charge in [-0.15, -0.1) is 11.6 Å². The molecule has 0 heterocycles. The molecule has 0 rings (SSSR count). The molecule has 0 radical (unpaired) electrons. The number of hydrogen-bond donors (Lipinski definition) is 1. The highest BCUT2D eigenvalue weighted by Gasteiger charge is 1.95. The fourth-order valence-electron chi connectivity index (χ4n) is 0.479.